The summed E-state index contributed by atoms with van der Waals surface area (Å²) >= 11 is 0. The number of carbonyl (C=O) groups is 1. The highest BCUT2D eigenvalue weighted by Gasteiger charge is 2.22. The molecule has 0 bridgehead atoms. The van der Waals surface area contributed by atoms with Gasteiger partial charge in [-0.2, -0.15) is 0 Å². The lowest BCUT2D eigenvalue weighted by atomic mass is 10.2. The van der Waals surface area contributed by atoms with Crippen LogP contribution in [0, 0.1) is 0 Å². The van der Waals surface area contributed by atoms with Crippen LogP contribution < -0.4 is 10.6 Å². The number of aliphatic imine (C=N–C) groups is 1. The number of halogens is 1. The van der Waals surface area contributed by atoms with Crippen LogP contribution in [-0.4, -0.2) is 54.2 Å². The summed E-state index contributed by atoms with van der Waals surface area (Å²) < 4.78 is 10.9. The number of carbonyl (C=O) groups excluding carboxylic acids is 1. The molecular formula is C22H34IN5O3. The molecule has 0 aliphatic rings. The highest BCUT2D eigenvalue weighted by molar-refractivity contribution is 14.0. The molecule has 8 nitrogen and oxygen atoms in total. The topological polar surface area (TPSA) is 92.0 Å². The van der Waals surface area contributed by atoms with Crippen molar-refractivity contribution in [2.75, 3.05) is 26.7 Å². The maximum atomic E-state index is 12.6. The Morgan fingerprint density at radius 3 is 2.61 bits per heavy atom. The molecular weight excluding hydrogens is 509 g/mol. The van der Waals surface area contributed by atoms with Crippen LogP contribution in [0.25, 0.3) is 0 Å². The van der Waals surface area contributed by atoms with Crippen LogP contribution >= 0.6 is 24.0 Å². The van der Waals surface area contributed by atoms with Crippen molar-refractivity contribution < 1.29 is 13.9 Å². The van der Waals surface area contributed by atoms with E-state index >= 15 is 0 Å². The van der Waals surface area contributed by atoms with Crippen molar-refractivity contribution in [2.24, 2.45) is 4.99 Å². The summed E-state index contributed by atoms with van der Waals surface area (Å²) in [5.74, 6) is 1.65. The molecule has 2 heterocycles. The van der Waals surface area contributed by atoms with Gasteiger partial charge >= 0.3 is 6.09 Å². The molecule has 0 fully saturated rings. The molecule has 0 atom stereocenters. The summed E-state index contributed by atoms with van der Waals surface area (Å²) in [6.07, 6.45) is 6.36. The summed E-state index contributed by atoms with van der Waals surface area (Å²) in [5.41, 5.74) is 0.425. The zero-order valence-corrected chi connectivity index (χ0v) is 21.1. The molecule has 0 aliphatic carbocycles. The van der Waals surface area contributed by atoms with Gasteiger partial charge in [-0.3, -0.25) is 9.98 Å². The van der Waals surface area contributed by atoms with Crippen LogP contribution in [0.5, 0.6) is 0 Å². The summed E-state index contributed by atoms with van der Waals surface area (Å²) in [4.78, 5) is 22.7. The van der Waals surface area contributed by atoms with Crippen LogP contribution in [0.4, 0.5) is 4.79 Å². The third-order valence-corrected chi connectivity index (χ3v) is 4.11. The van der Waals surface area contributed by atoms with Gasteiger partial charge in [0.25, 0.3) is 0 Å². The van der Waals surface area contributed by atoms with E-state index in [9.17, 15) is 4.79 Å². The molecule has 1 amide bonds. The predicted octanol–water partition coefficient (Wildman–Crippen LogP) is 3.83. The van der Waals surface area contributed by atoms with Crippen LogP contribution in [0.1, 0.15) is 38.5 Å². The predicted molar refractivity (Wildman–Crippen MR) is 133 cm³/mol. The van der Waals surface area contributed by atoms with Gasteiger partial charge in [-0.05, 0) is 51.0 Å². The number of nitrogens with one attached hydrogen (secondary N) is 2. The van der Waals surface area contributed by atoms with Crippen molar-refractivity contribution in [1.82, 2.24) is 20.5 Å². The molecule has 0 spiro atoms. The quantitative estimate of drug-likeness (QED) is 0.216. The number of nitrogens with zero attached hydrogens (tertiary/aromatic N) is 3. The first-order valence-electron chi connectivity index (χ1n) is 10.2. The molecule has 172 valence electrons. The first-order chi connectivity index (χ1) is 14.4. The molecule has 2 aromatic rings. The number of hydrogen-bond acceptors (Lipinski definition) is 5. The minimum atomic E-state index is -0.539. The number of amides is 1. The Bertz CT molecular complexity index is 776. The average Bonchev–Trinajstić information content (AvgIpc) is 3.21. The van der Waals surface area contributed by atoms with Crippen molar-refractivity contribution in [1.29, 1.82) is 0 Å². The largest absolute Gasteiger partial charge is 0.469 e. The number of guanidine groups is 1. The molecule has 0 aromatic carbocycles. The lowest BCUT2D eigenvalue weighted by molar-refractivity contribution is 0.0232. The fourth-order valence-electron chi connectivity index (χ4n) is 2.73. The van der Waals surface area contributed by atoms with Gasteiger partial charge in [0, 0.05) is 45.5 Å². The van der Waals surface area contributed by atoms with E-state index in [0.717, 1.165) is 36.7 Å². The maximum absolute atomic E-state index is 12.6. The number of ether oxygens (including phenoxy) is 1. The van der Waals surface area contributed by atoms with Crippen LogP contribution in [0.2, 0.25) is 0 Å². The highest BCUT2D eigenvalue weighted by atomic mass is 127. The van der Waals surface area contributed by atoms with E-state index in [1.54, 1.807) is 30.6 Å². The SMILES string of the molecule is CN=C(NCCCN(Cc1cccnc1)C(=O)OC(C)(C)C)NCCc1ccco1.I. The van der Waals surface area contributed by atoms with Crippen molar-refractivity contribution in [3.05, 3.63) is 54.2 Å². The van der Waals surface area contributed by atoms with Crippen molar-refractivity contribution in [3.63, 3.8) is 0 Å². The second-order valence-corrected chi connectivity index (χ2v) is 7.87. The smallest absolute Gasteiger partial charge is 0.410 e. The Labute approximate surface area is 201 Å². The molecule has 0 radical (unpaired) electrons. The third-order valence-electron chi connectivity index (χ3n) is 4.11. The Morgan fingerprint density at radius 2 is 2.00 bits per heavy atom. The molecule has 9 heteroatoms. The van der Waals surface area contributed by atoms with Crippen molar-refractivity contribution in [3.8, 4) is 0 Å². The fourth-order valence-corrected chi connectivity index (χ4v) is 2.73. The monoisotopic (exact) mass is 543 g/mol. The van der Waals surface area contributed by atoms with Crippen LogP contribution in [-0.2, 0) is 17.7 Å². The van der Waals surface area contributed by atoms with E-state index in [1.165, 1.54) is 0 Å². The fraction of sp³-hybridized carbons (Fsp3) is 0.500. The first-order valence-corrected chi connectivity index (χ1v) is 10.2. The standard InChI is InChI=1S/C22H33N5O3.HI/c1-22(2,3)30-21(28)27(17-18-8-5-11-24-16-18)14-7-12-25-20(23-4)26-13-10-19-9-6-15-29-19;/h5-6,8-9,11,15-16H,7,10,12-14,17H2,1-4H3,(H2,23,25,26);1H. The highest BCUT2D eigenvalue weighted by Crippen LogP contribution is 2.12. The molecule has 2 rings (SSSR count). The normalized spacial score (nSPS) is 11.4. The van der Waals surface area contributed by atoms with E-state index in [4.69, 9.17) is 9.15 Å². The van der Waals surface area contributed by atoms with Gasteiger partial charge < -0.3 is 24.7 Å². The van der Waals surface area contributed by atoms with Crippen LogP contribution in [0.3, 0.4) is 0 Å². The van der Waals surface area contributed by atoms with Gasteiger partial charge in [-0.25, -0.2) is 4.79 Å². The van der Waals surface area contributed by atoms with E-state index < -0.39 is 5.60 Å². The minimum absolute atomic E-state index is 0. The number of aromatic nitrogens is 1. The molecule has 31 heavy (non-hydrogen) atoms. The molecule has 0 saturated heterocycles. The lowest BCUT2D eigenvalue weighted by Crippen LogP contribution is -2.41. The lowest BCUT2D eigenvalue weighted by Gasteiger charge is -2.27. The number of rotatable bonds is 9. The molecule has 0 unspecified atom stereocenters. The third kappa shape index (κ3) is 11.0. The Hall–Kier alpha value is -2.30. The Morgan fingerprint density at radius 1 is 1.23 bits per heavy atom. The Balaban J connectivity index is 0.00000480. The van der Waals surface area contributed by atoms with E-state index in [2.05, 4.69) is 20.6 Å². The van der Waals surface area contributed by atoms with Crippen molar-refractivity contribution >= 4 is 36.0 Å². The summed E-state index contributed by atoms with van der Waals surface area (Å²) in [6, 6.07) is 7.64. The number of pyridine rings is 1. The first kappa shape index (κ1) is 26.7. The van der Waals surface area contributed by atoms with Crippen molar-refractivity contribution in [2.45, 2.75) is 45.8 Å². The maximum Gasteiger partial charge on any atom is 0.410 e. The van der Waals surface area contributed by atoms with Gasteiger partial charge in [0.1, 0.15) is 11.4 Å². The van der Waals surface area contributed by atoms with E-state index in [0.29, 0.717) is 19.6 Å². The van der Waals surface area contributed by atoms with E-state index in [1.807, 2.05) is 45.0 Å². The molecule has 2 N–H and O–H groups in total. The van der Waals surface area contributed by atoms with Gasteiger partial charge in [-0.15, -0.1) is 24.0 Å². The second kappa shape index (κ2) is 13.9. The Kier molecular flexibility index (Phi) is 12.0. The van der Waals surface area contributed by atoms with Gasteiger partial charge in [0.2, 0.25) is 0 Å². The summed E-state index contributed by atoms with van der Waals surface area (Å²) in [5, 5.41) is 6.53. The zero-order valence-electron chi connectivity index (χ0n) is 18.8. The van der Waals surface area contributed by atoms with Crippen LogP contribution in [0.15, 0.2) is 52.3 Å². The summed E-state index contributed by atoms with van der Waals surface area (Å²) in [7, 11) is 1.73. The van der Waals surface area contributed by atoms with Gasteiger partial charge in [-0.1, -0.05) is 6.07 Å². The van der Waals surface area contributed by atoms with E-state index in [-0.39, 0.29) is 30.1 Å². The molecule has 0 saturated carbocycles. The minimum Gasteiger partial charge on any atom is -0.469 e. The molecule has 0 aliphatic heterocycles. The molecule has 2 aromatic heterocycles. The number of hydrogen-bond donors (Lipinski definition) is 2. The average molecular weight is 543 g/mol. The van der Waals surface area contributed by atoms with Gasteiger partial charge in [0.15, 0.2) is 5.96 Å². The van der Waals surface area contributed by atoms with Gasteiger partial charge in [0.05, 0.1) is 12.8 Å². The number of furan rings is 1. The second-order valence-electron chi connectivity index (χ2n) is 7.87. The zero-order chi connectivity index (χ0) is 21.8. The summed E-state index contributed by atoms with van der Waals surface area (Å²) in [6.45, 7) is 8.01.